The number of hydrogen-bond donors (Lipinski definition) is 0. The monoisotopic (exact) mass is 1240 g/mol. The molecule has 90 heavy (non-hydrogen) atoms. The molecule has 0 spiro atoms. The first-order valence-corrected chi connectivity index (χ1v) is 31.8. The van der Waals surface area contributed by atoms with Gasteiger partial charge in [-0.2, -0.15) is 0 Å². The number of rotatable bonds is 41. The summed E-state index contributed by atoms with van der Waals surface area (Å²) >= 11 is 0. The van der Waals surface area contributed by atoms with Crippen LogP contribution in [-0.4, -0.2) is 106 Å². The first-order chi connectivity index (χ1) is 43.5. The highest BCUT2D eigenvalue weighted by Gasteiger charge is 2.28. The van der Waals surface area contributed by atoms with Crippen LogP contribution in [0.1, 0.15) is 230 Å². The summed E-state index contributed by atoms with van der Waals surface area (Å²) in [6.45, 7) is 18.5. The fourth-order valence-electron chi connectivity index (χ4n) is 10.6. The molecule has 0 saturated carbocycles. The van der Waals surface area contributed by atoms with Crippen LogP contribution in [0.25, 0.3) is 0 Å². The maximum atomic E-state index is 14.7. The minimum Gasteiger partial charge on any atom is -0.489 e. The smallest absolute Gasteiger partial charge is 0.330 e. The van der Waals surface area contributed by atoms with Gasteiger partial charge < -0.3 is 37.9 Å². The van der Waals surface area contributed by atoms with E-state index in [1.807, 2.05) is 20.8 Å². The quantitative estimate of drug-likeness (QED) is 0.00885. The largest absolute Gasteiger partial charge is 0.489 e. The highest BCUT2D eigenvalue weighted by molar-refractivity contribution is 5.99. The minimum atomic E-state index is -0.745. The van der Waals surface area contributed by atoms with Gasteiger partial charge in [0.05, 0.1) is 0 Å². The van der Waals surface area contributed by atoms with E-state index in [0.717, 1.165) is 69.6 Å². The van der Waals surface area contributed by atoms with E-state index in [9.17, 15) is 43.2 Å². The lowest BCUT2D eigenvalue weighted by Crippen LogP contribution is -2.17. The van der Waals surface area contributed by atoms with Gasteiger partial charge in [0.1, 0.15) is 88.1 Å². The number of unbranched alkanes of at least 4 members (excludes halogenated alkanes) is 8. The molecule has 0 fully saturated rings. The maximum Gasteiger partial charge on any atom is 0.330 e. The van der Waals surface area contributed by atoms with Crippen LogP contribution in [0.2, 0.25) is 0 Å². The summed E-state index contributed by atoms with van der Waals surface area (Å²) in [6.07, 6.45) is 12.5. The molecule has 0 radical (unpaired) electrons. The van der Waals surface area contributed by atoms with E-state index < -0.39 is 30.3 Å². The van der Waals surface area contributed by atoms with Crippen LogP contribution in [0.5, 0.6) is 23.0 Å². The molecule has 0 heterocycles. The van der Waals surface area contributed by atoms with Gasteiger partial charge in [-0.3, -0.25) is 28.8 Å². The summed E-state index contributed by atoms with van der Waals surface area (Å²) in [5, 5.41) is 0. The Bertz CT molecular complexity index is 3050. The van der Waals surface area contributed by atoms with Crippen LogP contribution in [0.4, 0.5) is 0 Å². The summed E-state index contributed by atoms with van der Waals surface area (Å²) in [5.74, 6) is -2.58. The molecule has 0 saturated heterocycles. The Labute approximate surface area is 530 Å². The number of ether oxygens (including phenoxy) is 8. The Morgan fingerprint density at radius 3 is 0.767 bits per heavy atom. The van der Waals surface area contributed by atoms with Gasteiger partial charge >= 0.3 is 23.9 Å². The van der Waals surface area contributed by atoms with Crippen molar-refractivity contribution in [2.45, 2.75) is 169 Å². The molecule has 0 aliphatic heterocycles. The van der Waals surface area contributed by atoms with Gasteiger partial charge in [-0.1, -0.05) is 98.8 Å². The molecular weight excluding hydrogens is 1150 g/mol. The Kier molecular flexibility index (Phi) is 31.2. The second-order valence-electron chi connectivity index (χ2n) is 22.3. The van der Waals surface area contributed by atoms with Crippen molar-refractivity contribution in [1.82, 2.24) is 0 Å². The second-order valence-corrected chi connectivity index (χ2v) is 22.3. The summed E-state index contributed by atoms with van der Waals surface area (Å²) < 4.78 is 48.8. The van der Waals surface area contributed by atoms with Crippen LogP contribution < -0.4 is 18.9 Å². The highest BCUT2D eigenvalue weighted by atomic mass is 16.6. The predicted octanol–water partition coefficient (Wildman–Crippen LogP) is 13.6. The van der Waals surface area contributed by atoms with Crippen molar-refractivity contribution in [3.05, 3.63) is 153 Å². The van der Waals surface area contributed by atoms with Crippen LogP contribution in [0.15, 0.2) is 86.5 Å². The lowest BCUT2D eigenvalue weighted by atomic mass is 9.86. The van der Waals surface area contributed by atoms with Crippen molar-refractivity contribution in [2.75, 3.05) is 52.9 Å². The summed E-state index contributed by atoms with van der Waals surface area (Å²) in [6, 6.07) is 14.0. The first-order valence-electron chi connectivity index (χ1n) is 31.8. The van der Waals surface area contributed by atoms with Gasteiger partial charge in [0.15, 0.2) is 23.1 Å². The molecule has 484 valence electrons. The number of benzene rings is 4. The van der Waals surface area contributed by atoms with Gasteiger partial charge in [-0.25, -0.2) is 14.4 Å². The molecule has 4 aromatic rings. The zero-order valence-electron chi connectivity index (χ0n) is 53.4. The van der Waals surface area contributed by atoms with Crippen molar-refractivity contribution in [3.8, 4) is 23.0 Å². The molecule has 0 atom stereocenters. The summed E-state index contributed by atoms with van der Waals surface area (Å²) in [4.78, 5) is 121. The normalized spacial score (nSPS) is 11.5. The fourth-order valence-corrected chi connectivity index (χ4v) is 10.6. The lowest BCUT2D eigenvalue weighted by molar-refractivity contribution is -0.146. The summed E-state index contributed by atoms with van der Waals surface area (Å²) in [5.41, 5.74) is 5.20. The van der Waals surface area contributed by atoms with E-state index in [2.05, 4.69) is 26.7 Å². The number of carbonyl (C=O) groups excluding carboxylic acids is 9. The average molecular weight is 1240 g/mol. The Hall–Kier alpha value is -8.47. The lowest BCUT2D eigenvalue weighted by Gasteiger charge is -2.25. The SMILES string of the molecule is C=CC(=O)OCCOc1c2cc(C(=O)CCCCC)cc1Cc1cc(C(=O)CCCCC)cc(c1OCCOC(=O)C=C)Cc1cc(C(=O)CCCCC)cc(c1OCCOC(=O)CC(C)=O)Cc1cc(C(=O)CCCCC)cc(c1OCCOC(=O)C=C)C2. The van der Waals surface area contributed by atoms with Crippen molar-refractivity contribution >= 4 is 52.8 Å². The van der Waals surface area contributed by atoms with E-state index in [1.54, 1.807) is 48.5 Å². The van der Waals surface area contributed by atoms with Gasteiger partial charge in [0.25, 0.3) is 0 Å². The average Bonchev–Trinajstić information content (AvgIpc) is 0.816. The Morgan fingerprint density at radius 1 is 0.344 bits per heavy atom. The molecule has 17 heteroatoms. The molecule has 17 nitrogen and oxygen atoms in total. The molecule has 0 unspecified atom stereocenters. The van der Waals surface area contributed by atoms with Gasteiger partial charge in [-0.15, -0.1) is 0 Å². The molecule has 0 amide bonds. The Balaban J connectivity index is 2.02. The molecule has 8 bridgehead atoms. The minimum absolute atomic E-state index is 0.0366. The van der Waals surface area contributed by atoms with Crippen LogP contribution >= 0.6 is 0 Å². The molecule has 0 N–H and O–H groups in total. The van der Waals surface area contributed by atoms with Crippen LogP contribution in [0, 0.1) is 0 Å². The van der Waals surface area contributed by atoms with Crippen molar-refractivity contribution in [1.29, 1.82) is 0 Å². The molecule has 4 aromatic carbocycles. The first kappa shape index (κ1) is 72.3. The van der Waals surface area contributed by atoms with E-state index in [4.69, 9.17) is 37.9 Å². The number of esters is 4. The molecule has 1 aliphatic carbocycles. The van der Waals surface area contributed by atoms with Crippen molar-refractivity contribution in [3.63, 3.8) is 0 Å². The topological polar surface area (TPSA) is 227 Å². The molecular formula is C73H90O17. The van der Waals surface area contributed by atoms with Gasteiger partial charge in [-0.05, 0) is 126 Å². The number of ketones is 5. The van der Waals surface area contributed by atoms with E-state index in [0.29, 0.717) is 110 Å². The maximum absolute atomic E-state index is 14.7. The van der Waals surface area contributed by atoms with Gasteiger partial charge in [0, 0.05) is 91.8 Å². The fraction of sp³-hybridized carbons (Fsp3) is 0.466. The number of Topliss-reactive ketones (excluding diaryl/α,β-unsaturated/α-hetero) is 5. The zero-order valence-corrected chi connectivity index (χ0v) is 53.4. The standard InChI is InChI=1S/C73H90O17/c1-9-16-20-24-62(75)50-37-54-45-56-39-51(63(76)25-21-17-10-2)41-58(71(56)88-33-29-84-67(80)14-6)47-60-43-53(65(78)27-23-19-12-4)44-61(73(60)90-35-31-86-69(82)36-49(8)74)48-59-42-52(64(77)26-22-18-11-3)40-57(72(59)89-34-30-85-68(81)15-7)46-55(38-50)70(54)87-32-28-83-66(79)13-5/h13-15,37-44H,5-7,9-12,16-36,45-48H2,1-4,8H3. The third kappa shape index (κ3) is 23.2. The number of carbonyl (C=O) groups is 9. The van der Waals surface area contributed by atoms with E-state index >= 15 is 0 Å². The molecule has 1 aliphatic rings. The third-order valence-corrected chi connectivity index (χ3v) is 15.0. The second kappa shape index (κ2) is 38.8. The summed E-state index contributed by atoms with van der Waals surface area (Å²) in [7, 11) is 0. The Morgan fingerprint density at radius 2 is 0.567 bits per heavy atom. The molecule has 0 aromatic heterocycles. The van der Waals surface area contributed by atoms with Crippen molar-refractivity contribution < 1.29 is 81.0 Å². The highest BCUT2D eigenvalue weighted by Crippen LogP contribution is 2.42. The third-order valence-electron chi connectivity index (χ3n) is 15.0. The van der Waals surface area contributed by atoms with Crippen molar-refractivity contribution in [2.24, 2.45) is 0 Å². The molecule has 5 rings (SSSR count). The van der Waals surface area contributed by atoms with Crippen LogP contribution in [-0.2, 0) is 68.6 Å². The predicted molar refractivity (Wildman–Crippen MR) is 343 cm³/mol. The van der Waals surface area contributed by atoms with E-state index in [-0.39, 0.29) is 139 Å². The number of fused-ring (bicyclic) bond motifs is 8. The van der Waals surface area contributed by atoms with Crippen LogP contribution in [0.3, 0.4) is 0 Å². The van der Waals surface area contributed by atoms with E-state index in [1.165, 1.54) is 6.92 Å². The number of hydrogen-bond acceptors (Lipinski definition) is 17. The zero-order chi connectivity index (χ0) is 65.4. The van der Waals surface area contributed by atoms with Gasteiger partial charge in [0.2, 0.25) is 0 Å².